The van der Waals surface area contributed by atoms with Crippen molar-refractivity contribution in [1.82, 2.24) is 0 Å². The first-order chi connectivity index (χ1) is 7.19. The highest BCUT2D eigenvalue weighted by Gasteiger charge is 2.07. The molecule has 0 saturated carbocycles. The fourth-order valence-electron chi connectivity index (χ4n) is 1.31. The molecule has 0 aliphatic rings. The summed E-state index contributed by atoms with van der Waals surface area (Å²) in [4.78, 5) is 0. The normalized spacial score (nSPS) is 10.4. The van der Waals surface area contributed by atoms with Crippen LogP contribution < -0.4 is 4.74 Å². The van der Waals surface area contributed by atoms with Crippen LogP contribution in [0.4, 0.5) is 0 Å². The molecule has 0 heterocycles. The van der Waals surface area contributed by atoms with Gasteiger partial charge in [0.1, 0.15) is 5.75 Å². The summed E-state index contributed by atoms with van der Waals surface area (Å²) in [7, 11) is 0. The third-order valence-corrected chi connectivity index (χ3v) is 2.60. The average molecular weight is 322 g/mol. The lowest BCUT2D eigenvalue weighted by Gasteiger charge is -2.13. The van der Waals surface area contributed by atoms with E-state index < -0.39 is 0 Å². The molecule has 0 unspecified atom stereocenters. The quantitative estimate of drug-likeness (QED) is 0.514. The number of aryl methyl sites for hydroxylation is 1. The van der Waals surface area contributed by atoms with Crippen LogP contribution in [-0.4, -0.2) is 18.5 Å². The van der Waals surface area contributed by atoms with E-state index in [0.29, 0.717) is 6.61 Å². The number of hydrogen-bond acceptors (Lipinski definition) is 3. The Morgan fingerprint density at radius 1 is 1.40 bits per heavy atom. The number of halogens is 1. The maximum Gasteiger partial charge on any atom is 0.189 e. The van der Waals surface area contributed by atoms with Crippen LogP contribution in [0.1, 0.15) is 18.1 Å². The first-order valence-electron chi connectivity index (χ1n) is 4.79. The molecule has 1 aromatic rings. The van der Waals surface area contributed by atoms with Gasteiger partial charge in [0, 0.05) is 15.7 Å². The van der Waals surface area contributed by atoms with Crippen LogP contribution in [0.2, 0.25) is 0 Å². The fourth-order valence-corrected chi connectivity index (χ4v) is 2.15. The smallest absolute Gasteiger partial charge is 0.189 e. The van der Waals surface area contributed by atoms with Gasteiger partial charge in [-0.2, -0.15) is 0 Å². The molecule has 0 fully saturated rings. The van der Waals surface area contributed by atoms with Gasteiger partial charge in [-0.3, -0.25) is 0 Å². The minimum absolute atomic E-state index is 0.0147. The Bertz CT molecular complexity index is 326. The van der Waals surface area contributed by atoms with E-state index in [0.717, 1.165) is 20.4 Å². The second kappa shape index (κ2) is 6.30. The molecular formula is C11H15IO3. The zero-order valence-electron chi connectivity index (χ0n) is 8.92. The van der Waals surface area contributed by atoms with Crippen molar-refractivity contribution in [2.24, 2.45) is 0 Å². The van der Waals surface area contributed by atoms with Crippen molar-refractivity contribution in [1.29, 1.82) is 0 Å². The summed E-state index contributed by atoms with van der Waals surface area (Å²) in [6.45, 7) is 4.71. The van der Waals surface area contributed by atoms with Crippen LogP contribution in [0.5, 0.6) is 5.75 Å². The van der Waals surface area contributed by atoms with Crippen molar-refractivity contribution in [3.8, 4) is 5.75 Å². The lowest BCUT2D eigenvalue weighted by molar-refractivity contribution is 0.0207. The number of ether oxygens (including phenoxy) is 2. The SMILES string of the molecule is CCOCOc1c(C)cc(I)cc1CO. The molecule has 0 aromatic heterocycles. The maximum absolute atomic E-state index is 9.20. The molecular weight excluding hydrogens is 307 g/mol. The van der Waals surface area contributed by atoms with E-state index in [1.54, 1.807) is 0 Å². The van der Waals surface area contributed by atoms with Crippen LogP contribution in [-0.2, 0) is 11.3 Å². The van der Waals surface area contributed by atoms with E-state index >= 15 is 0 Å². The zero-order valence-corrected chi connectivity index (χ0v) is 11.1. The van der Waals surface area contributed by atoms with Crippen LogP contribution >= 0.6 is 22.6 Å². The van der Waals surface area contributed by atoms with Crippen LogP contribution in [0, 0.1) is 10.5 Å². The highest BCUT2D eigenvalue weighted by atomic mass is 127. The molecule has 0 bridgehead atoms. The zero-order chi connectivity index (χ0) is 11.3. The molecule has 4 heteroatoms. The monoisotopic (exact) mass is 322 g/mol. The van der Waals surface area contributed by atoms with Crippen molar-refractivity contribution >= 4 is 22.6 Å². The molecule has 3 nitrogen and oxygen atoms in total. The Kier molecular flexibility index (Phi) is 5.35. The van der Waals surface area contributed by atoms with E-state index in [-0.39, 0.29) is 13.4 Å². The minimum Gasteiger partial charge on any atom is -0.467 e. The van der Waals surface area contributed by atoms with E-state index in [4.69, 9.17) is 9.47 Å². The standard InChI is InChI=1S/C11H15IO3/c1-3-14-7-15-11-8(2)4-10(12)5-9(11)6-13/h4-5,13H,3,6-7H2,1-2H3. The van der Waals surface area contributed by atoms with E-state index in [9.17, 15) is 5.11 Å². The van der Waals surface area contributed by atoms with Gasteiger partial charge < -0.3 is 14.6 Å². The number of hydrogen-bond donors (Lipinski definition) is 1. The summed E-state index contributed by atoms with van der Waals surface area (Å²) in [6, 6.07) is 3.93. The molecule has 1 rings (SSSR count). The number of rotatable bonds is 5. The molecule has 0 spiro atoms. The molecule has 0 radical (unpaired) electrons. The minimum atomic E-state index is -0.0147. The van der Waals surface area contributed by atoms with Crippen molar-refractivity contribution in [2.75, 3.05) is 13.4 Å². The van der Waals surface area contributed by atoms with Crippen molar-refractivity contribution in [3.63, 3.8) is 0 Å². The summed E-state index contributed by atoms with van der Waals surface area (Å²) in [6.07, 6.45) is 0. The van der Waals surface area contributed by atoms with Crippen molar-refractivity contribution < 1.29 is 14.6 Å². The number of aliphatic hydroxyl groups excluding tert-OH is 1. The lowest BCUT2D eigenvalue weighted by Crippen LogP contribution is -2.06. The predicted octanol–water partition coefficient (Wildman–Crippen LogP) is 2.46. The molecule has 0 aliphatic heterocycles. The summed E-state index contributed by atoms with van der Waals surface area (Å²) in [5.41, 5.74) is 1.82. The molecule has 0 amide bonds. The van der Waals surface area contributed by atoms with Gasteiger partial charge in [-0.15, -0.1) is 0 Å². The molecule has 0 atom stereocenters. The maximum atomic E-state index is 9.20. The Morgan fingerprint density at radius 2 is 2.13 bits per heavy atom. The molecule has 15 heavy (non-hydrogen) atoms. The first-order valence-corrected chi connectivity index (χ1v) is 5.87. The van der Waals surface area contributed by atoms with Gasteiger partial charge in [-0.05, 0) is 54.1 Å². The van der Waals surface area contributed by atoms with Gasteiger partial charge in [0.15, 0.2) is 6.79 Å². The Hall–Kier alpha value is -0.330. The lowest BCUT2D eigenvalue weighted by atomic mass is 10.1. The number of aliphatic hydroxyl groups is 1. The molecule has 0 saturated heterocycles. The molecule has 84 valence electrons. The Balaban J connectivity index is 2.84. The second-order valence-electron chi connectivity index (χ2n) is 3.12. The van der Waals surface area contributed by atoms with Gasteiger partial charge in [-0.25, -0.2) is 0 Å². The number of benzene rings is 1. The second-order valence-corrected chi connectivity index (χ2v) is 4.37. The van der Waals surface area contributed by atoms with Gasteiger partial charge in [-0.1, -0.05) is 0 Å². The van der Waals surface area contributed by atoms with Crippen LogP contribution in [0.15, 0.2) is 12.1 Å². The molecule has 1 N–H and O–H groups in total. The third-order valence-electron chi connectivity index (χ3n) is 1.98. The summed E-state index contributed by atoms with van der Waals surface area (Å²) < 4.78 is 11.7. The summed E-state index contributed by atoms with van der Waals surface area (Å²) >= 11 is 2.22. The van der Waals surface area contributed by atoms with Crippen molar-refractivity contribution in [2.45, 2.75) is 20.5 Å². The third kappa shape index (κ3) is 3.62. The topological polar surface area (TPSA) is 38.7 Å². The van der Waals surface area contributed by atoms with Gasteiger partial charge in [0.2, 0.25) is 0 Å². The van der Waals surface area contributed by atoms with E-state index in [1.807, 2.05) is 26.0 Å². The van der Waals surface area contributed by atoms with Gasteiger partial charge in [0.25, 0.3) is 0 Å². The van der Waals surface area contributed by atoms with E-state index in [1.165, 1.54) is 0 Å². The highest BCUT2D eigenvalue weighted by Crippen LogP contribution is 2.26. The van der Waals surface area contributed by atoms with Crippen LogP contribution in [0.25, 0.3) is 0 Å². The van der Waals surface area contributed by atoms with Crippen molar-refractivity contribution in [3.05, 3.63) is 26.8 Å². The summed E-state index contributed by atoms with van der Waals surface area (Å²) in [5.74, 6) is 0.728. The van der Waals surface area contributed by atoms with Crippen LogP contribution in [0.3, 0.4) is 0 Å². The molecule has 1 aromatic carbocycles. The Labute approximate surface area is 104 Å². The largest absolute Gasteiger partial charge is 0.467 e. The highest BCUT2D eigenvalue weighted by molar-refractivity contribution is 14.1. The van der Waals surface area contributed by atoms with E-state index in [2.05, 4.69) is 22.6 Å². The predicted molar refractivity (Wildman–Crippen MR) is 66.9 cm³/mol. The first kappa shape index (κ1) is 12.7. The Morgan fingerprint density at radius 3 is 2.73 bits per heavy atom. The summed E-state index contributed by atoms with van der Waals surface area (Å²) in [5, 5.41) is 9.20. The fraction of sp³-hybridized carbons (Fsp3) is 0.455. The van der Waals surface area contributed by atoms with Gasteiger partial charge in [0.05, 0.1) is 6.61 Å². The average Bonchev–Trinajstić information content (AvgIpc) is 2.20. The molecule has 0 aliphatic carbocycles. The van der Waals surface area contributed by atoms with Gasteiger partial charge >= 0.3 is 0 Å².